The molecule has 0 spiro atoms. The van der Waals surface area contributed by atoms with Crippen molar-refractivity contribution in [1.82, 2.24) is 0 Å². The number of carbonyl (C=O) groups excluding carboxylic acids is 2. The molecule has 0 aromatic heterocycles. The van der Waals surface area contributed by atoms with E-state index in [1.54, 1.807) is 24.3 Å². The largest absolute Gasteiger partial charge is 0.490 e. The van der Waals surface area contributed by atoms with Crippen LogP contribution in [0.15, 0.2) is 24.3 Å². The highest BCUT2D eigenvalue weighted by molar-refractivity contribution is 5.87. The number of ketones is 1. The second-order valence-electron chi connectivity index (χ2n) is 6.55. The van der Waals surface area contributed by atoms with Gasteiger partial charge in [-0.3, -0.25) is 9.59 Å². The number of esters is 1. The molecule has 0 amide bonds. The molecule has 2 unspecified atom stereocenters. The molecule has 2 aliphatic carbocycles. The van der Waals surface area contributed by atoms with E-state index in [4.69, 9.17) is 14.7 Å². The maximum atomic E-state index is 12.2. The van der Waals surface area contributed by atoms with Crippen LogP contribution >= 0.6 is 0 Å². The third kappa shape index (κ3) is 3.76. The van der Waals surface area contributed by atoms with Crippen LogP contribution in [-0.4, -0.2) is 25.0 Å². The third-order valence-electron chi connectivity index (χ3n) is 4.96. The fraction of sp³-hybridized carbons (Fsp3) is 0.526. The van der Waals surface area contributed by atoms with E-state index < -0.39 is 0 Å². The van der Waals surface area contributed by atoms with Crippen molar-refractivity contribution in [3.05, 3.63) is 29.8 Å². The minimum Gasteiger partial charge on any atom is -0.490 e. The molecule has 5 heteroatoms. The highest BCUT2D eigenvalue weighted by Gasteiger charge is 2.41. The lowest BCUT2D eigenvalue weighted by atomic mass is 9.67. The van der Waals surface area contributed by atoms with Gasteiger partial charge in [0.2, 0.25) is 0 Å². The van der Waals surface area contributed by atoms with Crippen molar-refractivity contribution in [3.63, 3.8) is 0 Å². The number of hydrogen-bond donors (Lipinski definition) is 0. The predicted octanol–water partition coefficient (Wildman–Crippen LogP) is 2.88. The molecule has 2 bridgehead atoms. The van der Waals surface area contributed by atoms with Crippen molar-refractivity contribution in [3.8, 4) is 11.8 Å². The van der Waals surface area contributed by atoms with E-state index in [0.29, 0.717) is 29.9 Å². The van der Waals surface area contributed by atoms with Gasteiger partial charge in [-0.25, -0.2) is 0 Å². The van der Waals surface area contributed by atoms with Crippen LogP contribution in [0, 0.1) is 29.1 Å². The summed E-state index contributed by atoms with van der Waals surface area (Å²) < 4.78 is 10.8. The summed E-state index contributed by atoms with van der Waals surface area (Å²) in [6.45, 7) is 0.467. The maximum absolute atomic E-state index is 12.2. The minimum atomic E-state index is -0.206. The number of Topliss-reactive ketones (excluding diaryl/α,β-unsaturated/α-hetero) is 1. The molecule has 1 aromatic carbocycles. The van der Waals surface area contributed by atoms with Gasteiger partial charge in [0.05, 0.1) is 17.6 Å². The van der Waals surface area contributed by atoms with E-state index in [1.807, 2.05) is 6.07 Å². The molecule has 5 nitrogen and oxygen atoms in total. The smallest absolute Gasteiger partial charge is 0.309 e. The highest BCUT2D eigenvalue weighted by Crippen LogP contribution is 2.40. The Kier molecular flexibility index (Phi) is 5.14. The number of hydrogen-bond acceptors (Lipinski definition) is 5. The Bertz CT molecular complexity index is 630. The lowest BCUT2D eigenvalue weighted by Crippen LogP contribution is -2.39. The van der Waals surface area contributed by atoms with Gasteiger partial charge in [0, 0.05) is 11.8 Å². The predicted molar refractivity (Wildman–Crippen MR) is 86.2 cm³/mol. The standard InChI is InChI=1S/C19H21NO4/c20-12-13-4-6-17(7-5-13)23-8-9-24-19(22)16-10-14-2-1-3-15(11-16)18(14)21/h4-7,14-16H,1-3,8-11H2. The van der Waals surface area contributed by atoms with Crippen LogP contribution < -0.4 is 4.74 Å². The first-order valence-corrected chi connectivity index (χ1v) is 8.50. The van der Waals surface area contributed by atoms with Crippen molar-refractivity contribution in [2.75, 3.05) is 13.2 Å². The SMILES string of the molecule is N#Cc1ccc(OCCOC(=O)C2CC3CCCC(C2)C3=O)cc1. The first-order chi connectivity index (χ1) is 11.7. The Morgan fingerprint density at radius 1 is 1.12 bits per heavy atom. The second-order valence-corrected chi connectivity index (χ2v) is 6.55. The summed E-state index contributed by atoms with van der Waals surface area (Å²) in [5.74, 6) is 0.767. The molecular formula is C19H21NO4. The summed E-state index contributed by atoms with van der Waals surface area (Å²) in [4.78, 5) is 24.3. The van der Waals surface area contributed by atoms with Crippen LogP contribution in [0.5, 0.6) is 5.75 Å². The Hall–Kier alpha value is -2.35. The molecule has 126 valence electrons. The van der Waals surface area contributed by atoms with Crippen molar-refractivity contribution in [1.29, 1.82) is 5.26 Å². The van der Waals surface area contributed by atoms with Gasteiger partial charge >= 0.3 is 5.97 Å². The molecule has 0 aliphatic heterocycles. The zero-order valence-electron chi connectivity index (χ0n) is 13.6. The number of nitrogens with zero attached hydrogens (tertiary/aromatic N) is 1. The van der Waals surface area contributed by atoms with Crippen molar-refractivity contribution in [2.45, 2.75) is 32.1 Å². The van der Waals surface area contributed by atoms with Gasteiger partial charge in [-0.1, -0.05) is 6.42 Å². The Morgan fingerprint density at radius 2 is 1.79 bits per heavy atom. The average molecular weight is 327 g/mol. The number of ether oxygens (including phenoxy) is 2. The molecule has 0 saturated heterocycles. The van der Waals surface area contributed by atoms with Crippen LogP contribution in [0.4, 0.5) is 0 Å². The van der Waals surface area contributed by atoms with Gasteiger partial charge in [-0.15, -0.1) is 0 Å². The van der Waals surface area contributed by atoms with Crippen LogP contribution in [0.3, 0.4) is 0 Å². The summed E-state index contributed by atoms with van der Waals surface area (Å²) >= 11 is 0. The fourth-order valence-corrected chi connectivity index (χ4v) is 3.72. The van der Waals surface area contributed by atoms with Gasteiger partial charge in [0.1, 0.15) is 24.7 Å². The Balaban J connectivity index is 1.41. The molecule has 2 saturated carbocycles. The normalized spacial score (nSPS) is 25.6. The molecule has 3 rings (SSSR count). The zero-order chi connectivity index (χ0) is 16.9. The van der Waals surface area contributed by atoms with Crippen LogP contribution in [-0.2, 0) is 14.3 Å². The molecule has 1 aromatic rings. The van der Waals surface area contributed by atoms with E-state index in [2.05, 4.69) is 0 Å². The summed E-state index contributed by atoms with van der Waals surface area (Å²) in [7, 11) is 0. The summed E-state index contributed by atoms with van der Waals surface area (Å²) in [5.41, 5.74) is 0.575. The monoisotopic (exact) mass is 327 g/mol. The van der Waals surface area contributed by atoms with Gasteiger partial charge in [-0.2, -0.15) is 5.26 Å². The molecule has 0 radical (unpaired) electrons. The van der Waals surface area contributed by atoms with E-state index in [0.717, 1.165) is 19.3 Å². The van der Waals surface area contributed by atoms with Crippen molar-refractivity contribution < 1.29 is 19.1 Å². The first-order valence-electron chi connectivity index (χ1n) is 8.50. The van der Waals surface area contributed by atoms with E-state index in [9.17, 15) is 9.59 Å². The molecule has 0 heterocycles. The second kappa shape index (κ2) is 7.48. The van der Waals surface area contributed by atoms with Crippen LogP contribution in [0.25, 0.3) is 0 Å². The van der Waals surface area contributed by atoms with Crippen LogP contribution in [0.1, 0.15) is 37.7 Å². The molecule has 2 atom stereocenters. The molecule has 2 fully saturated rings. The maximum Gasteiger partial charge on any atom is 0.309 e. The quantitative estimate of drug-likeness (QED) is 0.614. The number of nitriles is 1. The number of rotatable bonds is 5. The lowest BCUT2D eigenvalue weighted by Gasteiger charge is -2.36. The average Bonchev–Trinajstić information content (AvgIpc) is 2.59. The summed E-state index contributed by atoms with van der Waals surface area (Å²) in [6.07, 6.45) is 4.22. The lowest BCUT2D eigenvalue weighted by molar-refractivity contribution is -0.154. The van der Waals surface area contributed by atoms with Crippen LogP contribution in [0.2, 0.25) is 0 Å². The zero-order valence-corrected chi connectivity index (χ0v) is 13.6. The van der Waals surface area contributed by atoms with Gasteiger partial charge in [0.25, 0.3) is 0 Å². The van der Waals surface area contributed by atoms with E-state index in [1.165, 1.54) is 0 Å². The topological polar surface area (TPSA) is 76.4 Å². The number of fused-ring (bicyclic) bond motifs is 2. The number of benzene rings is 1. The summed E-state index contributed by atoms with van der Waals surface area (Å²) in [5, 5.41) is 8.73. The first kappa shape index (κ1) is 16.5. The molecular weight excluding hydrogens is 306 g/mol. The van der Waals surface area contributed by atoms with Gasteiger partial charge in [-0.05, 0) is 49.9 Å². The number of carbonyl (C=O) groups is 2. The van der Waals surface area contributed by atoms with E-state index in [-0.39, 0.29) is 36.9 Å². The van der Waals surface area contributed by atoms with Gasteiger partial charge < -0.3 is 9.47 Å². The van der Waals surface area contributed by atoms with Crippen molar-refractivity contribution in [2.24, 2.45) is 17.8 Å². The third-order valence-corrected chi connectivity index (χ3v) is 4.96. The molecule has 24 heavy (non-hydrogen) atoms. The Labute approximate surface area is 141 Å². The van der Waals surface area contributed by atoms with Gasteiger partial charge in [0.15, 0.2) is 0 Å². The molecule has 2 aliphatic rings. The minimum absolute atomic E-state index is 0.0601. The molecule has 0 N–H and O–H groups in total. The highest BCUT2D eigenvalue weighted by atomic mass is 16.6. The summed E-state index contributed by atoms with van der Waals surface area (Å²) in [6, 6.07) is 8.84. The van der Waals surface area contributed by atoms with E-state index >= 15 is 0 Å². The fourth-order valence-electron chi connectivity index (χ4n) is 3.72. The van der Waals surface area contributed by atoms with Crippen molar-refractivity contribution >= 4 is 11.8 Å². The Morgan fingerprint density at radius 3 is 2.42 bits per heavy atom.